The van der Waals surface area contributed by atoms with E-state index in [0.717, 1.165) is 11.3 Å². The van der Waals surface area contributed by atoms with Gasteiger partial charge in [-0.2, -0.15) is 17.9 Å². The van der Waals surface area contributed by atoms with Crippen LogP contribution in [0.25, 0.3) is 10.1 Å². The second-order valence-corrected chi connectivity index (χ2v) is 11.9. The lowest BCUT2D eigenvalue weighted by atomic mass is 10.1. The Morgan fingerprint density at radius 3 is 2.00 bits per heavy atom. The Labute approximate surface area is 214 Å². The van der Waals surface area contributed by atoms with E-state index in [1.165, 1.54) is 0 Å². The Morgan fingerprint density at radius 2 is 1.59 bits per heavy atom. The molecule has 0 radical (unpaired) electrons. The number of nitrogens with two attached hydrogens (primary N) is 2. The lowest BCUT2D eigenvalue weighted by Gasteiger charge is -2.13. The summed E-state index contributed by atoms with van der Waals surface area (Å²) in [5, 5.41) is 7.81. The number of carboxylic acids is 1. The van der Waals surface area contributed by atoms with Crippen molar-refractivity contribution >= 4 is 45.0 Å². The maximum absolute atomic E-state index is 12.7. The van der Waals surface area contributed by atoms with E-state index < -0.39 is 36.1 Å². The van der Waals surface area contributed by atoms with Crippen LogP contribution >= 0.6 is 18.9 Å². The lowest BCUT2D eigenvalue weighted by molar-refractivity contribution is -0.192. The minimum atomic E-state index is -5.08. The van der Waals surface area contributed by atoms with Crippen LogP contribution in [0.5, 0.6) is 11.5 Å². The summed E-state index contributed by atoms with van der Waals surface area (Å²) in [6.07, 6.45) is -4.34. The number of hydrogen-bond acceptors (Lipinski definition) is 9. The fraction of sp³-hybridized carbons (Fsp3) is 0.526. The van der Waals surface area contributed by atoms with Crippen molar-refractivity contribution in [2.45, 2.75) is 36.6 Å². The van der Waals surface area contributed by atoms with Gasteiger partial charge in [0.25, 0.3) is 10.0 Å². The van der Waals surface area contributed by atoms with Crippen molar-refractivity contribution in [3.05, 3.63) is 17.7 Å². The number of halogens is 3. The molecule has 0 aliphatic carbocycles. The maximum atomic E-state index is 12.7. The highest BCUT2D eigenvalue weighted by molar-refractivity contribution is 7.92. The molecule has 0 saturated carbocycles. The van der Waals surface area contributed by atoms with Crippen LogP contribution in [0.2, 0.25) is 0 Å². The average Bonchev–Trinajstić information content (AvgIpc) is 3.16. The van der Waals surface area contributed by atoms with Crippen LogP contribution in [-0.2, 0) is 25.8 Å². The molecule has 0 fully saturated rings. The summed E-state index contributed by atoms with van der Waals surface area (Å²) in [4.78, 5) is 26.9. The van der Waals surface area contributed by atoms with E-state index in [4.69, 9.17) is 40.6 Å². The first kappa shape index (κ1) is 33.0. The molecule has 1 heterocycles. The largest absolute Gasteiger partial charge is 0.490 e. The predicted molar refractivity (Wildman–Crippen MR) is 130 cm³/mol. The molecule has 0 bridgehead atoms. The minimum absolute atomic E-state index is 0.0143. The monoisotopic (exact) mass is 595 g/mol. The van der Waals surface area contributed by atoms with Gasteiger partial charge in [0.15, 0.2) is 11.5 Å². The van der Waals surface area contributed by atoms with Gasteiger partial charge in [-0.05, 0) is 44.0 Å². The second kappa shape index (κ2) is 14.2. The van der Waals surface area contributed by atoms with Crippen LogP contribution in [0.15, 0.2) is 16.3 Å². The molecule has 0 aliphatic heterocycles. The third-order valence-corrected chi connectivity index (χ3v) is 8.27. The number of fused-ring (bicyclic) bond motifs is 1. The summed E-state index contributed by atoms with van der Waals surface area (Å²) in [6, 6.07) is 3.45. The van der Waals surface area contributed by atoms with Crippen LogP contribution < -0.4 is 25.7 Å². The summed E-state index contributed by atoms with van der Waals surface area (Å²) >= 11 is 1.01. The van der Waals surface area contributed by atoms with E-state index in [9.17, 15) is 26.2 Å². The molecule has 37 heavy (non-hydrogen) atoms. The summed E-state index contributed by atoms with van der Waals surface area (Å²) < 4.78 is 82.5. The van der Waals surface area contributed by atoms with E-state index in [2.05, 4.69) is 0 Å². The number of ether oxygens (including phenoxy) is 2. The Morgan fingerprint density at radius 1 is 1.11 bits per heavy atom. The Bertz CT molecular complexity index is 1200. The molecule has 0 atom stereocenters. The number of carboxylic acid groups (broad SMARTS) is 1. The second-order valence-electron chi connectivity index (χ2n) is 7.27. The molecule has 0 spiro atoms. The smallest absolute Gasteiger partial charge is 0.490 e. The van der Waals surface area contributed by atoms with Gasteiger partial charge in [0.2, 0.25) is 0 Å². The molecule has 2 rings (SSSR count). The summed E-state index contributed by atoms with van der Waals surface area (Å²) in [7, 11) is -8.64. The van der Waals surface area contributed by atoms with Gasteiger partial charge in [0.05, 0.1) is 13.2 Å². The molecule has 0 saturated heterocycles. The highest BCUT2D eigenvalue weighted by Crippen LogP contribution is 2.42. The van der Waals surface area contributed by atoms with E-state index in [1.807, 2.05) is 11.6 Å². The van der Waals surface area contributed by atoms with Gasteiger partial charge >= 0.3 is 19.7 Å². The van der Waals surface area contributed by atoms with E-state index in [1.54, 1.807) is 12.1 Å². The fourth-order valence-corrected chi connectivity index (χ4v) is 6.66. The number of alkyl halides is 3. The topological polar surface area (TPSA) is 212 Å². The standard InChI is InChI=1S/C17H28N3O7PS2.C2HF3O2/c1-2-12-13-9-14(26-7-3-5-18)15(27-8-4-6-19)10-16(13)29-17(12)30(24,25)20-11-28(21,22)23;3-2(4,5)1(6)7/h9-10,20H,2-8,11,18-19H2,1H3,(H2,21,22,23);(H,6,7). The number of benzene rings is 1. The van der Waals surface area contributed by atoms with Gasteiger partial charge in [0, 0.05) is 16.2 Å². The first-order valence-electron chi connectivity index (χ1n) is 10.7. The van der Waals surface area contributed by atoms with Crippen molar-refractivity contribution in [2.75, 3.05) is 32.6 Å². The molecular formula is C19H29F3N3O9PS2. The van der Waals surface area contributed by atoms with Gasteiger partial charge in [-0.25, -0.2) is 13.2 Å². The molecule has 0 aliphatic rings. The van der Waals surface area contributed by atoms with Crippen molar-refractivity contribution in [1.29, 1.82) is 0 Å². The van der Waals surface area contributed by atoms with Crippen LogP contribution in [0, 0.1) is 0 Å². The van der Waals surface area contributed by atoms with Gasteiger partial charge < -0.3 is 35.8 Å². The SMILES string of the molecule is CCc1c(S(=O)(=O)NCP(=O)(O)O)sc2cc(OCCCN)c(OCCCN)cc12.O=C(O)C(F)(F)F. The minimum Gasteiger partial charge on any atom is -0.490 e. The van der Waals surface area contributed by atoms with Crippen LogP contribution in [0.4, 0.5) is 13.2 Å². The predicted octanol–water partition coefficient (Wildman–Crippen LogP) is 1.97. The number of aryl methyl sites for hydroxylation is 1. The molecule has 0 amide bonds. The van der Waals surface area contributed by atoms with Gasteiger partial charge in [0.1, 0.15) is 10.5 Å². The molecule has 2 aromatic rings. The van der Waals surface area contributed by atoms with Crippen molar-refractivity contribution in [3.63, 3.8) is 0 Å². The van der Waals surface area contributed by atoms with Crippen molar-refractivity contribution in [2.24, 2.45) is 11.5 Å². The number of nitrogens with one attached hydrogen (secondary N) is 1. The molecule has 8 N–H and O–H groups in total. The van der Waals surface area contributed by atoms with Crippen molar-refractivity contribution < 1.29 is 55.3 Å². The molecule has 1 aromatic heterocycles. The number of hydrogen-bond donors (Lipinski definition) is 6. The van der Waals surface area contributed by atoms with Crippen LogP contribution in [0.3, 0.4) is 0 Å². The third kappa shape index (κ3) is 10.7. The highest BCUT2D eigenvalue weighted by Gasteiger charge is 2.38. The van der Waals surface area contributed by atoms with Crippen molar-refractivity contribution in [3.8, 4) is 11.5 Å². The highest BCUT2D eigenvalue weighted by atomic mass is 32.2. The Balaban J connectivity index is 0.000000856. The zero-order chi connectivity index (χ0) is 28.4. The number of thiophene rings is 1. The van der Waals surface area contributed by atoms with E-state index in [-0.39, 0.29) is 4.21 Å². The van der Waals surface area contributed by atoms with E-state index >= 15 is 0 Å². The summed E-state index contributed by atoms with van der Waals surface area (Å²) in [6.45, 7) is 3.52. The molecule has 0 unspecified atom stereocenters. The Kier molecular flexibility index (Phi) is 12.7. The third-order valence-electron chi connectivity index (χ3n) is 4.33. The molecular weight excluding hydrogens is 566 g/mol. The number of aliphatic carboxylic acids is 1. The van der Waals surface area contributed by atoms with E-state index in [0.29, 0.717) is 72.7 Å². The van der Waals surface area contributed by atoms with Crippen LogP contribution in [0.1, 0.15) is 25.3 Å². The number of carbonyl (C=O) groups is 1. The average molecular weight is 596 g/mol. The molecule has 12 nitrogen and oxygen atoms in total. The van der Waals surface area contributed by atoms with Gasteiger partial charge in [-0.15, -0.1) is 11.3 Å². The zero-order valence-corrected chi connectivity index (χ0v) is 22.2. The summed E-state index contributed by atoms with van der Waals surface area (Å²) in [5.41, 5.74) is 11.6. The molecule has 18 heteroatoms. The quantitative estimate of drug-likeness (QED) is 0.146. The number of rotatable bonds is 13. The van der Waals surface area contributed by atoms with Gasteiger partial charge in [-0.1, -0.05) is 6.92 Å². The normalized spacial score (nSPS) is 12.2. The molecule has 1 aromatic carbocycles. The molecule has 212 valence electrons. The Hall–Kier alpha value is -1.98. The zero-order valence-electron chi connectivity index (χ0n) is 19.7. The van der Waals surface area contributed by atoms with Crippen molar-refractivity contribution in [1.82, 2.24) is 4.72 Å². The first-order chi connectivity index (χ1) is 17.1. The summed E-state index contributed by atoms with van der Waals surface area (Å²) in [5.74, 6) is -1.80. The fourth-order valence-electron chi connectivity index (χ4n) is 2.68. The first-order valence-corrected chi connectivity index (χ1v) is 14.8. The van der Waals surface area contributed by atoms with Gasteiger partial charge in [-0.3, -0.25) is 4.57 Å². The number of sulfonamides is 1. The van der Waals surface area contributed by atoms with Crippen LogP contribution in [-0.4, -0.2) is 68.0 Å². The maximum Gasteiger partial charge on any atom is 0.490 e. The lowest BCUT2D eigenvalue weighted by Crippen LogP contribution is -2.24.